The maximum atomic E-state index is 4.35. The molecule has 4 heteroatoms. The van der Waals surface area contributed by atoms with Crippen LogP contribution in [0.1, 0.15) is 0 Å². The van der Waals surface area contributed by atoms with Crippen molar-refractivity contribution in [2.75, 3.05) is 0 Å². The second kappa shape index (κ2) is 4.88. The number of nitrogens with zero attached hydrogens (tertiary/aromatic N) is 2. The van der Waals surface area contributed by atoms with E-state index in [1.54, 1.807) is 12.4 Å². The van der Waals surface area contributed by atoms with Crippen LogP contribution in [0.25, 0.3) is 21.8 Å². The first-order valence-electron chi connectivity index (χ1n) is 4.53. The average molecular weight is 234 g/mol. The molecule has 0 atom stereocenters. The van der Waals surface area contributed by atoms with Crippen LogP contribution in [0, 0.1) is 0 Å². The first-order chi connectivity index (χ1) is 6.95. The Morgan fingerprint density at radius 2 is 1.12 bits per heavy atom. The lowest BCUT2D eigenvalue weighted by Crippen LogP contribution is -3.00. The molecule has 2 N–H and O–H groups in total. The summed E-state index contributed by atoms with van der Waals surface area (Å²) in [6.45, 7) is 0. The highest BCUT2D eigenvalue weighted by Crippen LogP contribution is 2.20. The van der Waals surface area contributed by atoms with Gasteiger partial charge in [0.2, 0.25) is 0 Å². The molecule has 3 rings (SSSR count). The number of fused-ring (bicyclic) bond motifs is 3. The normalized spacial score (nSPS) is 9.50. The van der Waals surface area contributed by atoms with E-state index >= 15 is 0 Å². The molecule has 0 radical (unpaired) electrons. The summed E-state index contributed by atoms with van der Waals surface area (Å²) in [7, 11) is 0. The Bertz CT molecular complexity index is 558. The highest BCUT2D eigenvalue weighted by atomic mass is 35.5. The molecule has 0 amide bonds. The Kier molecular flexibility index (Phi) is 3.77. The molecule has 0 saturated carbocycles. The summed E-state index contributed by atoms with van der Waals surface area (Å²) in [4.78, 5) is 8.69. The quantitative estimate of drug-likeness (QED) is 0.466. The number of rotatable bonds is 0. The predicted molar refractivity (Wildman–Crippen MR) is 60.7 cm³/mol. The SMILES string of the molecule is O.[Cl-].c1cnc2c(c1)ccc1cccnc12. The smallest absolute Gasteiger partial charge is 0.0964 e. The summed E-state index contributed by atoms with van der Waals surface area (Å²) >= 11 is 0. The molecule has 0 aliphatic rings. The van der Waals surface area contributed by atoms with E-state index in [1.165, 1.54) is 0 Å². The van der Waals surface area contributed by atoms with Crippen LogP contribution in [0.5, 0.6) is 0 Å². The van der Waals surface area contributed by atoms with Gasteiger partial charge in [0, 0.05) is 23.2 Å². The van der Waals surface area contributed by atoms with Gasteiger partial charge in [0.25, 0.3) is 0 Å². The second-order valence-corrected chi connectivity index (χ2v) is 3.22. The van der Waals surface area contributed by atoms with Crippen LogP contribution in [0.4, 0.5) is 0 Å². The molecule has 0 spiro atoms. The number of hydrogen-bond donors (Lipinski definition) is 0. The Balaban J connectivity index is 0.000000640. The zero-order chi connectivity index (χ0) is 9.38. The number of hydrogen-bond acceptors (Lipinski definition) is 2. The van der Waals surface area contributed by atoms with Crippen molar-refractivity contribution in [1.82, 2.24) is 9.97 Å². The van der Waals surface area contributed by atoms with Crippen LogP contribution < -0.4 is 12.4 Å². The van der Waals surface area contributed by atoms with Gasteiger partial charge >= 0.3 is 0 Å². The van der Waals surface area contributed by atoms with Gasteiger partial charge < -0.3 is 17.9 Å². The zero-order valence-corrected chi connectivity index (χ0v) is 9.15. The predicted octanol–water partition coefficient (Wildman–Crippen LogP) is -1.04. The van der Waals surface area contributed by atoms with Gasteiger partial charge in [0.15, 0.2) is 0 Å². The van der Waals surface area contributed by atoms with Gasteiger partial charge in [0.05, 0.1) is 11.0 Å². The highest BCUT2D eigenvalue weighted by Gasteiger charge is 2.00. The Labute approximate surface area is 98.9 Å². The molecule has 0 bridgehead atoms. The second-order valence-electron chi connectivity index (χ2n) is 3.22. The first-order valence-corrected chi connectivity index (χ1v) is 4.53. The minimum Gasteiger partial charge on any atom is -1.00 e. The van der Waals surface area contributed by atoms with Crippen LogP contribution in [0.3, 0.4) is 0 Å². The minimum absolute atomic E-state index is 0. The van der Waals surface area contributed by atoms with E-state index in [4.69, 9.17) is 0 Å². The monoisotopic (exact) mass is 233 g/mol. The first kappa shape index (κ1) is 12.4. The lowest BCUT2D eigenvalue weighted by molar-refractivity contribution is -0.00000399. The molecule has 2 aromatic heterocycles. The molecular formula is C12H10ClN2O-. The van der Waals surface area contributed by atoms with E-state index < -0.39 is 0 Å². The Morgan fingerprint density at radius 1 is 0.688 bits per heavy atom. The van der Waals surface area contributed by atoms with Crippen molar-refractivity contribution in [2.24, 2.45) is 0 Å². The van der Waals surface area contributed by atoms with Crippen LogP contribution in [0.2, 0.25) is 0 Å². The molecule has 3 nitrogen and oxygen atoms in total. The van der Waals surface area contributed by atoms with E-state index in [2.05, 4.69) is 34.2 Å². The van der Waals surface area contributed by atoms with Crippen LogP contribution in [-0.4, -0.2) is 15.4 Å². The number of benzene rings is 1. The van der Waals surface area contributed by atoms with E-state index in [0.29, 0.717) is 0 Å². The third-order valence-electron chi connectivity index (χ3n) is 2.34. The summed E-state index contributed by atoms with van der Waals surface area (Å²) in [5.41, 5.74) is 1.95. The number of pyridine rings is 2. The fourth-order valence-corrected chi connectivity index (χ4v) is 1.68. The van der Waals surface area contributed by atoms with Crippen molar-refractivity contribution in [3.8, 4) is 0 Å². The van der Waals surface area contributed by atoms with Gasteiger partial charge in [0.1, 0.15) is 0 Å². The number of aromatic nitrogens is 2. The van der Waals surface area contributed by atoms with Gasteiger partial charge in [-0.05, 0) is 12.1 Å². The van der Waals surface area contributed by atoms with E-state index in [0.717, 1.165) is 21.8 Å². The van der Waals surface area contributed by atoms with Gasteiger partial charge in [-0.15, -0.1) is 0 Å². The Morgan fingerprint density at radius 3 is 1.56 bits per heavy atom. The third-order valence-corrected chi connectivity index (χ3v) is 2.34. The molecule has 0 unspecified atom stereocenters. The average Bonchev–Trinajstić information content (AvgIpc) is 2.29. The van der Waals surface area contributed by atoms with Crippen molar-refractivity contribution in [3.05, 3.63) is 48.8 Å². The third kappa shape index (κ3) is 1.83. The summed E-state index contributed by atoms with van der Waals surface area (Å²) < 4.78 is 0. The van der Waals surface area contributed by atoms with Gasteiger partial charge in [-0.1, -0.05) is 24.3 Å². The van der Waals surface area contributed by atoms with Crippen molar-refractivity contribution >= 4 is 21.8 Å². The number of halogens is 1. The van der Waals surface area contributed by atoms with Crippen molar-refractivity contribution in [1.29, 1.82) is 0 Å². The summed E-state index contributed by atoms with van der Waals surface area (Å²) in [6.07, 6.45) is 3.60. The van der Waals surface area contributed by atoms with Crippen LogP contribution in [0.15, 0.2) is 48.8 Å². The standard InChI is InChI=1S/C12H8N2.ClH.H2O/c1-3-9-5-6-10-4-2-8-14-12(10)11(9)13-7-1;;/h1-8H;1H;1H2/p-1. The molecule has 2 heterocycles. The van der Waals surface area contributed by atoms with E-state index in [-0.39, 0.29) is 17.9 Å². The minimum atomic E-state index is 0. The molecule has 3 aromatic rings. The lowest BCUT2D eigenvalue weighted by Gasteiger charge is -2.00. The molecule has 0 aliphatic heterocycles. The van der Waals surface area contributed by atoms with Gasteiger partial charge in [-0.25, -0.2) is 0 Å². The maximum Gasteiger partial charge on any atom is 0.0964 e. The highest BCUT2D eigenvalue weighted by molar-refractivity contribution is 6.02. The fourth-order valence-electron chi connectivity index (χ4n) is 1.68. The molecule has 0 saturated heterocycles. The van der Waals surface area contributed by atoms with Crippen LogP contribution in [-0.2, 0) is 0 Å². The zero-order valence-electron chi connectivity index (χ0n) is 8.39. The molecular weight excluding hydrogens is 224 g/mol. The fraction of sp³-hybridized carbons (Fsp3) is 0. The molecule has 0 fully saturated rings. The topological polar surface area (TPSA) is 57.3 Å². The molecule has 82 valence electrons. The van der Waals surface area contributed by atoms with E-state index in [9.17, 15) is 0 Å². The maximum absolute atomic E-state index is 4.35. The van der Waals surface area contributed by atoms with Crippen LogP contribution >= 0.6 is 0 Å². The molecule has 0 aliphatic carbocycles. The van der Waals surface area contributed by atoms with Crippen molar-refractivity contribution < 1.29 is 17.9 Å². The summed E-state index contributed by atoms with van der Waals surface area (Å²) in [5.74, 6) is 0. The van der Waals surface area contributed by atoms with Gasteiger partial charge in [-0.3, -0.25) is 9.97 Å². The molecule has 16 heavy (non-hydrogen) atoms. The Hall–Kier alpha value is -1.71. The summed E-state index contributed by atoms with van der Waals surface area (Å²) in [6, 6.07) is 12.1. The molecule has 1 aromatic carbocycles. The van der Waals surface area contributed by atoms with Crippen molar-refractivity contribution in [2.45, 2.75) is 0 Å². The van der Waals surface area contributed by atoms with Crippen molar-refractivity contribution in [3.63, 3.8) is 0 Å². The summed E-state index contributed by atoms with van der Waals surface area (Å²) in [5, 5.41) is 2.28. The van der Waals surface area contributed by atoms with Gasteiger partial charge in [-0.2, -0.15) is 0 Å². The van der Waals surface area contributed by atoms with E-state index in [1.807, 2.05) is 12.1 Å². The largest absolute Gasteiger partial charge is 1.00 e. The lowest BCUT2D eigenvalue weighted by atomic mass is 10.1.